The topological polar surface area (TPSA) is 115 Å². The summed E-state index contributed by atoms with van der Waals surface area (Å²) >= 11 is 5.89. The van der Waals surface area contributed by atoms with Crippen LogP contribution in [0.1, 0.15) is 26.3 Å². The average molecular weight is 417 g/mol. The van der Waals surface area contributed by atoms with Crippen LogP contribution in [0.2, 0.25) is 5.02 Å². The van der Waals surface area contributed by atoms with E-state index in [-0.39, 0.29) is 29.5 Å². The molecule has 1 unspecified atom stereocenters. The molecule has 0 radical (unpaired) electrons. The first-order valence-electron chi connectivity index (χ1n) is 8.88. The van der Waals surface area contributed by atoms with Crippen LogP contribution in [0.4, 0.5) is 0 Å². The Morgan fingerprint density at radius 1 is 1.45 bits per heavy atom. The quantitative estimate of drug-likeness (QED) is 0.446. The Hall–Kier alpha value is -3.11. The normalized spacial score (nSPS) is 14.0. The number of aromatic hydroxyl groups is 1. The maximum atomic E-state index is 12.5. The molecule has 0 aliphatic heterocycles. The van der Waals surface area contributed by atoms with Gasteiger partial charge in [0.1, 0.15) is 17.0 Å². The summed E-state index contributed by atoms with van der Waals surface area (Å²) < 4.78 is 0. The van der Waals surface area contributed by atoms with E-state index in [1.165, 1.54) is 37.4 Å². The molecule has 1 atom stereocenters. The van der Waals surface area contributed by atoms with Crippen LogP contribution < -0.4 is 10.6 Å². The summed E-state index contributed by atoms with van der Waals surface area (Å²) in [6, 6.07) is 6.51. The zero-order chi connectivity index (χ0) is 22.2. The molecule has 0 aliphatic rings. The number of benzene rings is 1. The van der Waals surface area contributed by atoms with E-state index in [0.717, 1.165) is 0 Å². The van der Waals surface area contributed by atoms with Crippen LogP contribution in [-0.4, -0.2) is 35.2 Å². The summed E-state index contributed by atoms with van der Waals surface area (Å²) in [5.74, 6) is -1.16. The second kappa shape index (κ2) is 10.4. The van der Waals surface area contributed by atoms with Gasteiger partial charge in [-0.25, -0.2) is 0 Å². The van der Waals surface area contributed by atoms with Crippen LogP contribution in [0, 0.1) is 17.2 Å². The summed E-state index contributed by atoms with van der Waals surface area (Å²) in [4.78, 5) is 28.8. The zero-order valence-electron chi connectivity index (χ0n) is 16.9. The summed E-state index contributed by atoms with van der Waals surface area (Å²) in [6.07, 6.45) is 2.60. The Morgan fingerprint density at radius 2 is 2.10 bits per heavy atom. The molecule has 1 aromatic carbocycles. The van der Waals surface area contributed by atoms with Gasteiger partial charge in [0.25, 0.3) is 5.91 Å². The van der Waals surface area contributed by atoms with Gasteiger partial charge in [-0.2, -0.15) is 5.26 Å². The molecular formula is C21H25ClN4O3. The third-order valence-electron chi connectivity index (χ3n) is 4.42. The van der Waals surface area contributed by atoms with Crippen molar-refractivity contribution >= 4 is 29.1 Å². The van der Waals surface area contributed by atoms with Crippen LogP contribution in [0.25, 0.3) is 0 Å². The number of nitriles is 1. The number of carbonyl (C=O) groups excluding carboxylic acids is 2. The van der Waals surface area contributed by atoms with Gasteiger partial charge in [-0.1, -0.05) is 32.0 Å². The predicted molar refractivity (Wildman–Crippen MR) is 114 cm³/mol. The fraction of sp³-hybridized carbons (Fsp3) is 0.333. The van der Waals surface area contributed by atoms with Crippen LogP contribution >= 0.6 is 11.6 Å². The third-order valence-corrected chi connectivity index (χ3v) is 4.66. The highest BCUT2D eigenvalue weighted by Gasteiger charge is 2.31. The minimum Gasteiger partial charge on any atom is -0.508 e. The first-order chi connectivity index (χ1) is 13.6. The van der Waals surface area contributed by atoms with Gasteiger partial charge in [0.15, 0.2) is 0 Å². The number of allylic oxidation sites excluding steroid dienone is 1. The van der Waals surface area contributed by atoms with Gasteiger partial charge < -0.3 is 15.7 Å². The number of carbonyl (C=O) groups is 2. The number of hydrogen-bond acceptors (Lipinski definition) is 5. The molecule has 2 amide bonds. The predicted octanol–water partition coefficient (Wildman–Crippen LogP) is 2.90. The molecular weight excluding hydrogens is 392 g/mol. The zero-order valence-corrected chi connectivity index (χ0v) is 17.7. The fourth-order valence-electron chi connectivity index (χ4n) is 2.20. The minimum absolute atomic E-state index is 0.0212. The third kappa shape index (κ3) is 6.77. The molecule has 3 N–H and O–H groups in total. The van der Waals surface area contributed by atoms with Crippen molar-refractivity contribution in [3.05, 3.63) is 53.2 Å². The van der Waals surface area contributed by atoms with Gasteiger partial charge in [-0.05, 0) is 43.2 Å². The summed E-state index contributed by atoms with van der Waals surface area (Å²) in [7, 11) is 1.43. The lowest BCUT2D eigenvalue weighted by Gasteiger charge is -2.27. The minimum atomic E-state index is -1.07. The molecule has 0 heterocycles. The lowest BCUT2D eigenvalue weighted by atomic mass is 9.90. The Labute approximate surface area is 175 Å². The van der Waals surface area contributed by atoms with Gasteiger partial charge in [-0.15, -0.1) is 0 Å². The van der Waals surface area contributed by atoms with E-state index in [0.29, 0.717) is 10.6 Å². The molecule has 7 nitrogen and oxygen atoms in total. The van der Waals surface area contributed by atoms with E-state index in [1.54, 1.807) is 6.92 Å². The van der Waals surface area contributed by atoms with Crippen molar-refractivity contribution in [1.29, 1.82) is 5.26 Å². The lowest BCUT2D eigenvalue weighted by molar-refractivity contribution is -0.119. The van der Waals surface area contributed by atoms with Crippen molar-refractivity contribution in [2.75, 3.05) is 7.05 Å². The van der Waals surface area contributed by atoms with Gasteiger partial charge in [0.05, 0.1) is 12.5 Å². The average Bonchev–Trinajstić information content (AvgIpc) is 2.67. The summed E-state index contributed by atoms with van der Waals surface area (Å²) in [5, 5.41) is 24.9. The standard InChI is InChI=1S/C21H25ClN4O3/c1-6-16(25-19(28)10-14-9-15(22)7-8-18(14)27)11-17(24-5)20(29)26-21(4,12-23)13(2)3/h6-9,11,13,27H,1,10H2,2-5H3,(H,25,28)(H,26,29)/b16-11+,24-17+. The number of phenolic OH excluding ortho intramolecular Hbond substituents is 1. The van der Waals surface area contributed by atoms with E-state index >= 15 is 0 Å². The number of phenols is 1. The van der Waals surface area contributed by atoms with Gasteiger partial charge in [-0.3, -0.25) is 14.6 Å². The monoisotopic (exact) mass is 416 g/mol. The number of nitrogens with zero attached hydrogens (tertiary/aromatic N) is 2. The van der Waals surface area contributed by atoms with E-state index in [4.69, 9.17) is 11.6 Å². The Morgan fingerprint density at radius 3 is 2.62 bits per heavy atom. The van der Waals surface area contributed by atoms with Crippen molar-refractivity contribution < 1.29 is 14.7 Å². The second-order valence-electron chi connectivity index (χ2n) is 6.83. The van der Waals surface area contributed by atoms with Crippen LogP contribution in [0.3, 0.4) is 0 Å². The Bertz CT molecular complexity index is 900. The van der Waals surface area contributed by atoms with E-state index in [9.17, 15) is 20.0 Å². The molecule has 1 aromatic rings. The Kier molecular flexibility index (Phi) is 8.61. The highest BCUT2D eigenvalue weighted by molar-refractivity contribution is 6.43. The highest BCUT2D eigenvalue weighted by atomic mass is 35.5. The lowest BCUT2D eigenvalue weighted by Crippen LogP contribution is -2.51. The molecule has 0 saturated carbocycles. The van der Waals surface area contributed by atoms with E-state index in [1.807, 2.05) is 13.8 Å². The molecule has 29 heavy (non-hydrogen) atoms. The van der Waals surface area contributed by atoms with Crippen molar-refractivity contribution in [3.63, 3.8) is 0 Å². The van der Waals surface area contributed by atoms with E-state index < -0.39 is 17.4 Å². The SMILES string of the molecule is C=C/C(=C\C(=N/C)C(=O)NC(C)(C#N)C(C)C)NC(=O)Cc1cc(Cl)ccc1O. The van der Waals surface area contributed by atoms with Crippen LogP contribution in [-0.2, 0) is 16.0 Å². The molecule has 1 rings (SSSR count). The number of nitrogens with one attached hydrogen (secondary N) is 2. The fourth-order valence-corrected chi connectivity index (χ4v) is 2.39. The number of amides is 2. The van der Waals surface area contributed by atoms with Gasteiger partial charge in [0, 0.05) is 23.3 Å². The summed E-state index contributed by atoms with van der Waals surface area (Å²) in [5.41, 5.74) is -0.437. The molecule has 154 valence electrons. The number of hydrogen-bond donors (Lipinski definition) is 3. The van der Waals surface area contributed by atoms with Crippen molar-refractivity contribution in [3.8, 4) is 11.8 Å². The maximum absolute atomic E-state index is 12.5. The smallest absolute Gasteiger partial charge is 0.270 e. The van der Waals surface area contributed by atoms with Crippen LogP contribution in [0.5, 0.6) is 5.75 Å². The highest BCUT2D eigenvalue weighted by Crippen LogP contribution is 2.22. The molecule has 0 saturated heterocycles. The van der Waals surface area contributed by atoms with Gasteiger partial charge in [0.2, 0.25) is 5.91 Å². The maximum Gasteiger partial charge on any atom is 0.270 e. The second-order valence-corrected chi connectivity index (χ2v) is 7.27. The molecule has 0 spiro atoms. The van der Waals surface area contributed by atoms with Crippen LogP contribution in [0.15, 0.2) is 47.6 Å². The molecule has 0 aromatic heterocycles. The van der Waals surface area contributed by atoms with Crippen molar-refractivity contribution in [1.82, 2.24) is 10.6 Å². The largest absolute Gasteiger partial charge is 0.508 e. The first-order valence-corrected chi connectivity index (χ1v) is 9.26. The van der Waals surface area contributed by atoms with Gasteiger partial charge >= 0.3 is 0 Å². The van der Waals surface area contributed by atoms with Crippen molar-refractivity contribution in [2.45, 2.75) is 32.7 Å². The molecule has 0 bridgehead atoms. The first kappa shape index (κ1) is 23.9. The van der Waals surface area contributed by atoms with Crippen molar-refractivity contribution in [2.24, 2.45) is 10.9 Å². The number of rotatable bonds is 8. The number of aliphatic imine (C=N–C) groups is 1. The number of halogens is 1. The molecule has 8 heteroatoms. The molecule has 0 aliphatic carbocycles. The molecule has 0 fully saturated rings. The summed E-state index contributed by atoms with van der Waals surface area (Å²) in [6.45, 7) is 8.90. The Balaban J connectivity index is 2.95. The van der Waals surface area contributed by atoms with E-state index in [2.05, 4.69) is 28.3 Å².